The fourth-order valence-electron chi connectivity index (χ4n) is 2.99. The van der Waals surface area contributed by atoms with Gasteiger partial charge in [-0.2, -0.15) is 0 Å². The van der Waals surface area contributed by atoms with Gasteiger partial charge in [0.2, 0.25) is 0 Å². The Hall–Kier alpha value is -2.13. The van der Waals surface area contributed by atoms with Crippen molar-refractivity contribution >= 4 is 5.91 Å². The molecular formula is C20H23NO2. The maximum Gasteiger partial charge on any atom is 0.251 e. The number of hydrogen-bond donors (Lipinski definition) is 1. The summed E-state index contributed by atoms with van der Waals surface area (Å²) in [6.45, 7) is 1.44. The number of ether oxygens (including phenoxy) is 1. The Kier molecular flexibility index (Phi) is 4.77. The van der Waals surface area contributed by atoms with Gasteiger partial charge in [-0.05, 0) is 47.9 Å². The van der Waals surface area contributed by atoms with E-state index in [1.807, 2.05) is 30.3 Å². The number of carbonyl (C=O) groups excluding carboxylic acids is 1. The molecule has 2 aromatic rings. The molecule has 23 heavy (non-hydrogen) atoms. The van der Waals surface area contributed by atoms with Crippen LogP contribution in [0.15, 0.2) is 54.6 Å². The Labute approximate surface area is 137 Å². The van der Waals surface area contributed by atoms with Gasteiger partial charge in [0.05, 0.1) is 6.61 Å². The zero-order valence-corrected chi connectivity index (χ0v) is 13.5. The van der Waals surface area contributed by atoms with Crippen LogP contribution in [0.2, 0.25) is 0 Å². The summed E-state index contributed by atoms with van der Waals surface area (Å²) in [5, 5.41) is 2.65. The van der Waals surface area contributed by atoms with Crippen molar-refractivity contribution in [1.82, 2.24) is 5.32 Å². The monoisotopic (exact) mass is 309 g/mol. The van der Waals surface area contributed by atoms with E-state index in [-0.39, 0.29) is 11.3 Å². The molecule has 3 nitrogen and oxygen atoms in total. The predicted molar refractivity (Wildman–Crippen MR) is 91.5 cm³/mol. The van der Waals surface area contributed by atoms with E-state index in [2.05, 4.69) is 29.6 Å². The van der Waals surface area contributed by atoms with E-state index in [1.54, 1.807) is 7.05 Å². The summed E-state index contributed by atoms with van der Waals surface area (Å²) in [6, 6.07) is 18.3. The molecule has 0 radical (unpaired) electrons. The number of nitrogens with one attached hydrogen (secondary N) is 1. The molecule has 3 heteroatoms. The molecule has 1 fully saturated rings. The molecule has 1 N–H and O–H groups in total. The van der Waals surface area contributed by atoms with Gasteiger partial charge < -0.3 is 10.1 Å². The van der Waals surface area contributed by atoms with E-state index in [0.717, 1.165) is 13.0 Å². The van der Waals surface area contributed by atoms with E-state index in [1.165, 1.54) is 24.0 Å². The van der Waals surface area contributed by atoms with E-state index in [0.29, 0.717) is 12.2 Å². The van der Waals surface area contributed by atoms with Crippen LogP contribution in [-0.4, -0.2) is 19.6 Å². The van der Waals surface area contributed by atoms with E-state index >= 15 is 0 Å². The predicted octanol–water partition coefficient (Wildman–Crippen LogP) is 3.68. The number of hydrogen-bond acceptors (Lipinski definition) is 2. The van der Waals surface area contributed by atoms with Gasteiger partial charge in [-0.15, -0.1) is 0 Å². The molecule has 0 aliphatic heterocycles. The lowest BCUT2D eigenvalue weighted by Crippen LogP contribution is -2.18. The minimum atomic E-state index is -0.0346. The fraction of sp³-hybridized carbons (Fsp3) is 0.350. The molecule has 0 bridgehead atoms. The maximum absolute atomic E-state index is 11.6. The highest BCUT2D eigenvalue weighted by Crippen LogP contribution is 2.51. The first kappa shape index (κ1) is 15.8. The van der Waals surface area contributed by atoms with Crippen LogP contribution in [0.25, 0.3) is 0 Å². The van der Waals surface area contributed by atoms with Gasteiger partial charge in [0.25, 0.3) is 5.91 Å². The van der Waals surface area contributed by atoms with Crippen LogP contribution in [0.4, 0.5) is 0 Å². The van der Waals surface area contributed by atoms with Gasteiger partial charge in [0.15, 0.2) is 0 Å². The number of benzene rings is 2. The Morgan fingerprint density at radius 3 is 2.39 bits per heavy atom. The molecule has 2 aromatic carbocycles. The lowest BCUT2D eigenvalue weighted by atomic mass is 9.92. The highest BCUT2D eigenvalue weighted by atomic mass is 16.5. The summed E-state index contributed by atoms with van der Waals surface area (Å²) < 4.78 is 5.83. The quantitative estimate of drug-likeness (QED) is 0.792. The molecule has 0 atom stereocenters. The Morgan fingerprint density at radius 2 is 1.78 bits per heavy atom. The molecule has 0 spiro atoms. The van der Waals surface area contributed by atoms with Gasteiger partial charge >= 0.3 is 0 Å². The van der Waals surface area contributed by atoms with Crippen molar-refractivity contribution in [2.45, 2.75) is 31.3 Å². The molecule has 1 amide bonds. The summed E-state index contributed by atoms with van der Waals surface area (Å²) in [6.07, 6.45) is 3.46. The van der Waals surface area contributed by atoms with Gasteiger partial charge in [0.1, 0.15) is 0 Å². The minimum Gasteiger partial charge on any atom is -0.377 e. The van der Waals surface area contributed by atoms with E-state index < -0.39 is 0 Å². The largest absolute Gasteiger partial charge is 0.377 e. The molecule has 0 saturated heterocycles. The van der Waals surface area contributed by atoms with Crippen LogP contribution < -0.4 is 5.32 Å². The van der Waals surface area contributed by atoms with Crippen LogP contribution in [0.3, 0.4) is 0 Å². The topological polar surface area (TPSA) is 38.3 Å². The standard InChI is InChI=1S/C20H23NO2/c1-21-19(22)17-7-9-18(10-8-17)20(11-12-20)13-14-23-15-16-5-3-2-4-6-16/h2-10H,11-15H2,1H3,(H,21,22). The van der Waals surface area contributed by atoms with E-state index in [9.17, 15) is 4.79 Å². The van der Waals surface area contributed by atoms with E-state index in [4.69, 9.17) is 4.74 Å². The molecule has 0 aromatic heterocycles. The average molecular weight is 309 g/mol. The molecule has 0 heterocycles. The van der Waals surface area contributed by atoms with Crippen LogP contribution in [0, 0.1) is 0 Å². The van der Waals surface area contributed by atoms with Crippen molar-refractivity contribution in [1.29, 1.82) is 0 Å². The summed E-state index contributed by atoms with van der Waals surface area (Å²) in [4.78, 5) is 11.6. The van der Waals surface area contributed by atoms with Gasteiger partial charge in [-0.1, -0.05) is 42.5 Å². The first-order valence-corrected chi connectivity index (χ1v) is 8.18. The fourth-order valence-corrected chi connectivity index (χ4v) is 2.99. The molecule has 0 unspecified atom stereocenters. The van der Waals surface area contributed by atoms with Crippen LogP contribution in [-0.2, 0) is 16.8 Å². The molecule has 3 rings (SSSR count). The third-order valence-corrected chi connectivity index (χ3v) is 4.68. The zero-order chi connectivity index (χ0) is 16.1. The summed E-state index contributed by atoms with van der Waals surface area (Å²) in [5.41, 5.74) is 3.52. The van der Waals surface area contributed by atoms with Gasteiger partial charge in [-0.25, -0.2) is 0 Å². The van der Waals surface area contributed by atoms with Crippen molar-refractivity contribution < 1.29 is 9.53 Å². The van der Waals surface area contributed by atoms with Gasteiger partial charge in [0, 0.05) is 19.2 Å². The Bertz CT molecular complexity index is 645. The Morgan fingerprint density at radius 1 is 1.09 bits per heavy atom. The van der Waals surface area contributed by atoms with Crippen molar-refractivity contribution in [3.8, 4) is 0 Å². The lowest BCUT2D eigenvalue weighted by molar-refractivity contribution is 0.0963. The summed E-state index contributed by atoms with van der Waals surface area (Å²) >= 11 is 0. The maximum atomic E-state index is 11.6. The van der Waals surface area contributed by atoms with Crippen molar-refractivity contribution in [3.05, 3.63) is 71.3 Å². The second kappa shape index (κ2) is 6.97. The highest BCUT2D eigenvalue weighted by Gasteiger charge is 2.43. The number of carbonyl (C=O) groups is 1. The van der Waals surface area contributed by atoms with Crippen LogP contribution in [0.5, 0.6) is 0 Å². The van der Waals surface area contributed by atoms with Crippen molar-refractivity contribution in [3.63, 3.8) is 0 Å². The smallest absolute Gasteiger partial charge is 0.251 e. The zero-order valence-electron chi connectivity index (χ0n) is 13.5. The lowest BCUT2D eigenvalue weighted by Gasteiger charge is -2.16. The third-order valence-electron chi connectivity index (χ3n) is 4.68. The summed E-state index contributed by atoms with van der Waals surface area (Å²) in [5.74, 6) is -0.0346. The van der Waals surface area contributed by atoms with Crippen molar-refractivity contribution in [2.24, 2.45) is 0 Å². The average Bonchev–Trinajstić information content (AvgIpc) is 3.40. The van der Waals surface area contributed by atoms with Gasteiger partial charge in [-0.3, -0.25) is 4.79 Å². The molecule has 1 aliphatic carbocycles. The SMILES string of the molecule is CNC(=O)c1ccc(C2(CCOCc3ccccc3)CC2)cc1. The normalized spacial score (nSPS) is 15.2. The number of amides is 1. The van der Waals surface area contributed by atoms with Crippen LogP contribution >= 0.6 is 0 Å². The molecular weight excluding hydrogens is 286 g/mol. The summed E-state index contributed by atoms with van der Waals surface area (Å²) in [7, 11) is 1.66. The number of rotatable bonds is 7. The second-order valence-corrected chi connectivity index (χ2v) is 6.22. The first-order chi connectivity index (χ1) is 11.2. The third kappa shape index (κ3) is 3.80. The van der Waals surface area contributed by atoms with Crippen molar-refractivity contribution in [2.75, 3.05) is 13.7 Å². The first-order valence-electron chi connectivity index (χ1n) is 8.18. The second-order valence-electron chi connectivity index (χ2n) is 6.22. The minimum absolute atomic E-state index is 0.0346. The van der Waals surface area contributed by atoms with Crippen LogP contribution in [0.1, 0.15) is 40.7 Å². The molecule has 1 saturated carbocycles. The Balaban J connectivity index is 1.52. The molecule has 120 valence electrons. The molecule has 1 aliphatic rings. The highest BCUT2D eigenvalue weighted by molar-refractivity contribution is 5.93.